The van der Waals surface area contributed by atoms with Crippen molar-refractivity contribution in [1.82, 2.24) is 5.43 Å². The third-order valence-corrected chi connectivity index (χ3v) is 3.55. The lowest BCUT2D eigenvalue weighted by Crippen LogP contribution is -2.25. The second-order valence-electron chi connectivity index (χ2n) is 5.04. The first-order valence-electron chi connectivity index (χ1n) is 7.47. The molecule has 0 saturated heterocycles. The maximum absolute atomic E-state index is 11.9. The molecular weight excluding hydrogens is 344 g/mol. The van der Waals surface area contributed by atoms with E-state index in [0.717, 1.165) is 5.56 Å². The molecule has 0 unspecified atom stereocenters. The summed E-state index contributed by atoms with van der Waals surface area (Å²) in [5.41, 5.74) is 3.79. The van der Waals surface area contributed by atoms with Crippen molar-refractivity contribution in [2.75, 3.05) is 20.8 Å². The van der Waals surface area contributed by atoms with Gasteiger partial charge < -0.3 is 14.2 Å². The number of hydrazone groups is 1. The topological polar surface area (TPSA) is 69.2 Å². The van der Waals surface area contributed by atoms with Crippen LogP contribution in [0, 0.1) is 0 Å². The quantitative estimate of drug-likeness (QED) is 0.606. The third-order valence-electron chi connectivity index (χ3n) is 3.31. The van der Waals surface area contributed by atoms with E-state index in [1.807, 2.05) is 6.07 Å². The minimum atomic E-state index is -0.383. The fourth-order valence-corrected chi connectivity index (χ4v) is 2.22. The van der Waals surface area contributed by atoms with Crippen molar-refractivity contribution in [1.29, 1.82) is 0 Å². The maximum Gasteiger partial charge on any atom is 0.277 e. The smallest absolute Gasteiger partial charge is 0.277 e. The van der Waals surface area contributed by atoms with Gasteiger partial charge in [0.15, 0.2) is 6.61 Å². The maximum atomic E-state index is 11.9. The Labute approximate surface area is 151 Å². The van der Waals surface area contributed by atoms with E-state index in [0.29, 0.717) is 28.0 Å². The molecule has 0 radical (unpaired) electrons. The molecule has 0 atom stereocenters. The molecule has 0 aliphatic rings. The number of halogens is 1. The lowest BCUT2D eigenvalue weighted by atomic mass is 10.1. The van der Waals surface area contributed by atoms with Gasteiger partial charge in [-0.1, -0.05) is 17.7 Å². The molecule has 0 aliphatic carbocycles. The third kappa shape index (κ3) is 5.39. The molecule has 0 heterocycles. The first kappa shape index (κ1) is 18.6. The summed E-state index contributed by atoms with van der Waals surface area (Å²) in [6, 6.07) is 12.2. The molecule has 1 amide bonds. The van der Waals surface area contributed by atoms with Crippen LogP contribution in [0.1, 0.15) is 12.5 Å². The summed E-state index contributed by atoms with van der Waals surface area (Å²) in [5.74, 6) is 1.41. The van der Waals surface area contributed by atoms with Crippen molar-refractivity contribution >= 4 is 23.2 Å². The van der Waals surface area contributed by atoms with Crippen LogP contribution in [0.4, 0.5) is 0 Å². The number of carbonyl (C=O) groups excluding carboxylic acids is 1. The van der Waals surface area contributed by atoms with Gasteiger partial charge in [0.1, 0.15) is 17.2 Å². The van der Waals surface area contributed by atoms with Crippen LogP contribution in [-0.4, -0.2) is 32.4 Å². The molecule has 25 heavy (non-hydrogen) atoms. The fourth-order valence-electron chi connectivity index (χ4n) is 2.04. The summed E-state index contributed by atoms with van der Waals surface area (Å²) in [6.45, 7) is 1.60. The number of hydrogen-bond donors (Lipinski definition) is 1. The number of benzene rings is 2. The number of hydrogen-bond acceptors (Lipinski definition) is 5. The molecule has 2 aromatic rings. The number of nitrogens with zero attached hydrogens (tertiary/aromatic N) is 1. The monoisotopic (exact) mass is 362 g/mol. The van der Waals surface area contributed by atoms with E-state index in [1.165, 1.54) is 0 Å². The Bertz CT molecular complexity index is 777. The fraction of sp³-hybridized carbons (Fsp3) is 0.222. The summed E-state index contributed by atoms with van der Waals surface area (Å²) in [7, 11) is 3.14. The number of carbonyl (C=O) groups is 1. The van der Waals surface area contributed by atoms with Gasteiger partial charge in [-0.2, -0.15) is 5.10 Å². The first-order valence-corrected chi connectivity index (χ1v) is 7.85. The van der Waals surface area contributed by atoms with Crippen molar-refractivity contribution in [2.24, 2.45) is 5.10 Å². The van der Waals surface area contributed by atoms with Gasteiger partial charge in [0.05, 0.1) is 19.9 Å². The van der Waals surface area contributed by atoms with E-state index < -0.39 is 0 Å². The van der Waals surface area contributed by atoms with Crippen molar-refractivity contribution < 1.29 is 19.0 Å². The molecule has 7 heteroatoms. The summed E-state index contributed by atoms with van der Waals surface area (Å²) in [4.78, 5) is 11.9. The predicted molar refractivity (Wildman–Crippen MR) is 96.8 cm³/mol. The second kappa shape index (κ2) is 8.94. The zero-order valence-electron chi connectivity index (χ0n) is 14.2. The van der Waals surface area contributed by atoms with Crippen LogP contribution in [0.2, 0.25) is 5.02 Å². The highest BCUT2D eigenvalue weighted by Gasteiger charge is 2.09. The number of nitrogens with one attached hydrogen (secondary N) is 1. The van der Waals surface area contributed by atoms with Gasteiger partial charge >= 0.3 is 0 Å². The molecule has 2 aromatic carbocycles. The highest BCUT2D eigenvalue weighted by atomic mass is 35.5. The van der Waals surface area contributed by atoms with Crippen molar-refractivity contribution in [3.63, 3.8) is 0 Å². The Morgan fingerprint density at radius 3 is 2.60 bits per heavy atom. The van der Waals surface area contributed by atoms with Gasteiger partial charge in [-0.15, -0.1) is 0 Å². The van der Waals surface area contributed by atoms with Gasteiger partial charge in [-0.3, -0.25) is 4.79 Å². The Hall–Kier alpha value is -2.73. The van der Waals surface area contributed by atoms with Crippen molar-refractivity contribution in [3.8, 4) is 17.2 Å². The first-order chi connectivity index (χ1) is 12.0. The Morgan fingerprint density at radius 1 is 1.12 bits per heavy atom. The van der Waals surface area contributed by atoms with E-state index in [2.05, 4.69) is 10.5 Å². The average Bonchev–Trinajstić information content (AvgIpc) is 2.63. The second-order valence-corrected chi connectivity index (χ2v) is 5.48. The lowest BCUT2D eigenvalue weighted by Gasteiger charge is -2.10. The van der Waals surface area contributed by atoms with E-state index in [1.54, 1.807) is 57.5 Å². The number of amides is 1. The zero-order valence-corrected chi connectivity index (χ0v) is 15.0. The molecule has 0 fully saturated rings. The van der Waals surface area contributed by atoms with E-state index in [9.17, 15) is 4.79 Å². The van der Waals surface area contributed by atoms with Gasteiger partial charge in [0.2, 0.25) is 0 Å². The minimum absolute atomic E-state index is 0.170. The average molecular weight is 363 g/mol. The molecule has 132 valence electrons. The molecule has 0 aromatic heterocycles. The lowest BCUT2D eigenvalue weighted by molar-refractivity contribution is -0.123. The number of methoxy groups -OCH3 is 2. The summed E-state index contributed by atoms with van der Waals surface area (Å²) in [6.07, 6.45) is 0. The van der Waals surface area contributed by atoms with Crippen LogP contribution in [0.5, 0.6) is 17.2 Å². The Morgan fingerprint density at radius 2 is 1.92 bits per heavy atom. The van der Waals surface area contributed by atoms with Crippen LogP contribution < -0.4 is 19.6 Å². The Balaban J connectivity index is 1.97. The van der Waals surface area contributed by atoms with Gasteiger partial charge in [0.25, 0.3) is 5.91 Å². The summed E-state index contributed by atoms with van der Waals surface area (Å²) in [5, 5.41) is 4.62. The van der Waals surface area contributed by atoms with Gasteiger partial charge in [-0.05, 0) is 37.3 Å². The SMILES string of the molecule is COc1ccc(C(C)=NNC(=O)COc2cccc(Cl)c2)c(OC)c1. The highest BCUT2D eigenvalue weighted by Crippen LogP contribution is 2.25. The van der Waals surface area contributed by atoms with Crippen LogP contribution in [0.25, 0.3) is 0 Å². The largest absolute Gasteiger partial charge is 0.497 e. The van der Waals surface area contributed by atoms with Crippen LogP contribution in [0.3, 0.4) is 0 Å². The number of rotatable bonds is 7. The molecule has 0 spiro atoms. The van der Waals surface area contributed by atoms with Gasteiger partial charge in [0, 0.05) is 16.7 Å². The molecular formula is C18H19ClN2O4. The van der Waals surface area contributed by atoms with Crippen LogP contribution in [0.15, 0.2) is 47.6 Å². The van der Waals surface area contributed by atoms with E-state index in [4.69, 9.17) is 25.8 Å². The van der Waals surface area contributed by atoms with Crippen LogP contribution >= 0.6 is 11.6 Å². The molecule has 0 bridgehead atoms. The zero-order chi connectivity index (χ0) is 18.2. The van der Waals surface area contributed by atoms with Crippen LogP contribution in [-0.2, 0) is 4.79 Å². The highest BCUT2D eigenvalue weighted by molar-refractivity contribution is 6.30. The van der Waals surface area contributed by atoms with E-state index >= 15 is 0 Å². The Kier molecular flexibility index (Phi) is 6.65. The summed E-state index contributed by atoms with van der Waals surface area (Å²) < 4.78 is 15.8. The standard InChI is InChI=1S/C18H19ClN2O4/c1-12(16-8-7-14(23-2)10-17(16)24-3)20-21-18(22)11-25-15-6-4-5-13(19)9-15/h4-10H,11H2,1-3H3,(H,21,22). The molecule has 1 N–H and O–H groups in total. The normalized spacial score (nSPS) is 11.0. The predicted octanol–water partition coefficient (Wildman–Crippen LogP) is 3.28. The van der Waals surface area contributed by atoms with E-state index in [-0.39, 0.29) is 12.5 Å². The van der Waals surface area contributed by atoms with Gasteiger partial charge in [-0.25, -0.2) is 5.43 Å². The number of ether oxygens (including phenoxy) is 3. The van der Waals surface area contributed by atoms with Crippen molar-refractivity contribution in [2.45, 2.75) is 6.92 Å². The minimum Gasteiger partial charge on any atom is -0.497 e. The van der Waals surface area contributed by atoms with Crippen molar-refractivity contribution in [3.05, 3.63) is 53.1 Å². The molecule has 0 aliphatic heterocycles. The summed E-state index contributed by atoms with van der Waals surface area (Å²) >= 11 is 5.86. The molecule has 6 nitrogen and oxygen atoms in total. The molecule has 2 rings (SSSR count). The molecule has 0 saturated carbocycles.